The van der Waals surface area contributed by atoms with Gasteiger partial charge in [0.05, 0.1) is 18.8 Å². The van der Waals surface area contributed by atoms with Crippen LogP contribution in [0.25, 0.3) is 0 Å². The fourth-order valence-corrected chi connectivity index (χ4v) is 3.91. The summed E-state index contributed by atoms with van der Waals surface area (Å²) < 4.78 is 11.1. The highest BCUT2D eigenvalue weighted by Gasteiger charge is 2.23. The first-order chi connectivity index (χ1) is 12.2. The third-order valence-corrected chi connectivity index (χ3v) is 5.19. The van der Waals surface area contributed by atoms with Crippen molar-refractivity contribution in [3.8, 4) is 0 Å². The Bertz CT molecular complexity index is 689. The van der Waals surface area contributed by atoms with Crippen molar-refractivity contribution >= 4 is 23.2 Å². The van der Waals surface area contributed by atoms with Crippen molar-refractivity contribution in [3.05, 3.63) is 70.8 Å². The first-order valence-corrected chi connectivity index (χ1v) is 9.79. The van der Waals surface area contributed by atoms with Crippen LogP contribution in [-0.2, 0) is 22.3 Å². The maximum atomic E-state index is 5.92. The molecule has 134 valence electrons. The van der Waals surface area contributed by atoms with Crippen LogP contribution in [0.3, 0.4) is 0 Å². The Morgan fingerprint density at radius 1 is 1.00 bits per heavy atom. The monoisotopic (exact) mass is 378 g/mol. The Kier molecular flexibility index (Phi) is 6.77. The molecule has 0 amide bonds. The predicted octanol–water partition coefficient (Wildman–Crippen LogP) is 5.81. The molecule has 2 heterocycles. The second-order valence-corrected chi connectivity index (χ2v) is 7.23. The lowest BCUT2D eigenvalue weighted by Gasteiger charge is -2.30. The minimum atomic E-state index is -0.236. The van der Waals surface area contributed by atoms with Gasteiger partial charge in [0.15, 0.2) is 5.56 Å². The van der Waals surface area contributed by atoms with Gasteiger partial charge in [0.2, 0.25) is 0 Å². The van der Waals surface area contributed by atoms with Crippen molar-refractivity contribution in [3.63, 3.8) is 0 Å². The van der Waals surface area contributed by atoms with E-state index >= 15 is 0 Å². The van der Waals surface area contributed by atoms with Gasteiger partial charge >= 0.3 is 0 Å². The molecule has 0 spiro atoms. The van der Waals surface area contributed by atoms with Crippen LogP contribution in [0.1, 0.15) is 47.3 Å². The van der Waals surface area contributed by atoms with Gasteiger partial charge in [-0.2, -0.15) is 0 Å². The Balaban J connectivity index is 0.000000150. The van der Waals surface area contributed by atoms with Crippen molar-refractivity contribution in [2.24, 2.45) is 0 Å². The van der Waals surface area contributed by atoms with Gasteiger partial charge in [-0.05, 0) is 48.4 Å². The second kappa shape index (κ2) is 9.05. The summed E-state index contributed by atoms with van der Waals surface area (Å²) in [6.45, 7) is 2.86. The summed E-state index contributed by atoms with van der Waals surface area (Å²) >= 11 is 11.7. The fourth-order valence-electron chi connectivity index (χ4n) is 3.41. The van der Waals surface area contributed by atoms with Crippen molar-refractivity contribution < 1.29 is 9.47 Å². The first kappa shape index (κ1) is 18.7. The second-order valence-electron chi connectivity index (χ2n) is 6.45. The summed E-state index contributed by atoms with van der Waals surface area (Å²) in [6, 6.07) is 16.7. The fraction of sp³-hybridized carbons (Fsp3) is 0.429. The molecule has 2 nitrogen and oxygen atoms in total. The molecule has 0 fully saturated rings. The van der Waals surface area contributed by atoms with Crippen molar-refractivity contribution in [2.75, 3.05) is 12.5 Å². The number of alkyl halides is 2. The molecule has 2 aliphatic heterocycles. The molecule has 2 aromatic carbocycles. The minimum absolute atomic E-state index is 0.201. The molecule has 4 rings (SSSR count). The van der Waals surface area contributed by atoms with E-state index in [-0.39, 0.29) is 11.7 Å². The standard InChI is InChI=1S/C12H15ClO.C9H9ClO/c1-9-8-10-4-2-3-5-11(10)12(14-9)6-7-13;10-9-8-4-2-1-3-7(8)5-6-11-9/h2-5,9,12H,6-8H2,1H3;1-4,9H,5-6H2. The number of fused-ring (bicyclic) bond motifs is 2. The lowest BCUT2D eigenvalue weighted by molar-refractivity contribution is -0.0167. The maximum Gasteiger partial charge on any atom is 0.156 e. The Morgan fingerprint density at radius 2 is 1.68 bits per heavy atom. The van der Waals surface area contributed by atoms with Crippen LogP contribution in [-0.4, -0.2) is 18.6 Å². The van der Waals surface area contributed by atoms with E-state index in [0.717, 1.165) is 31.4 Å². The zero-order valence-corrected chi connectivity index (χ0v) is 16.0. The van der Waals surface area contributed by atoms with E-state index in [1.165, 1.54) is 16.7 Å². The van der Waals surface area contributed by atoms with Crippen molar-refractivity contribution in [1.82, 2.24) is 0 Å². The Morgan fingerprint density at radius 3 is 2.40 bits per heavy atom. The summed E-state index contributed by atoms with van der Waals surface area (Å²) in [4.78, 5) is 0. The lowest BCUT2D eigenvalue weighted by atomic mass is 9.93. The van der Waals surface area contributed by atoms with Crippen LogP contribution in [0.4, 0.5) is 0 Å². The first-order valence-electron chi connectivity index (χ1n) is 8.81. The minimum Gasteiger partial charge on any atom is -0.370 e. The Labute approximate surface area is 160 Å². The van der Waals surface area contributed by atoms with Gasteiger partial charge in [-0.15, -0.1) is 11.6 Å². The summed E-state index contributed by atoms with van der Waals surface area (Å²) in [7, 11) is 0. The highest BCUT2D eigenvalue weighted by molar-refractivity contribution is 6.20. The van der Waals surface area contributed by atoms with Gasteiger partial charge in [-0.3, -0.25) is 0 Å². The topological polar surface area (TPSA) is 18.5 Å². The highest BCUT2D eigenvalue weighted by Crippen LogP contribution is 2.32. The van der Waals surface area contributed by atoms with Crippen LogP contribution in [0.15, 0.2) is 48.5 Å². The van der Waals surface area contributed by atoms with E-state index in [9.17, 15) is 0 Å². The van der Waals surface area contributed by atoms with Gasteiger partial charge in [-0.1, -0.05) is 60.1 Å². The number of halogens is 2. The number of rotatable bonds is 2. The zero-order chi connectivity index (χ0) is 17.6. The van der Waals surface area contributed by atoms with E-state index in [1.54, 1.807) is 0 Å². The number of ether oxygens (including phenoxy) is 2. The highest BCUT2D eigenvalue weighted by atomic mass is 35.5. The third kappa shape index (κ3) is 4.77. The Hall–Kier alpha value is -1.06. The van der Waals surface area contributed by atoms with E-state index < -0.39 is 0 Å². The van der Waals surface area contributed by atoms with Gasteiger partial charge in [0, 0.05) is 5.88 Å². The molecule has 25 heavy (non-hydrogen) atoms. The molecule has 3 atom stereocenters. The van der Waals surface area contributed by atoms with E-state index in [0.29, 0.717) is 12.0 Å². The van der Waals surface area contributed by atoms with Crippen LogP contribution < -0.4 is 0 Å². The predicted molar refractivity (Wildman–Crippen MR) is 103 cm³/mol. The third-order valence-electron chi connectivity index (χ3n) is 4.61. The normalized spacial score (nSPS) is 24.5. The van der Waals surface area contributed by atoms with Crippen LogP contribution in [0.2, 0.25) is 0 Å². The zero-order valence-electron chi connectivity index (χ0n) is 14.5. The molecule has 4 heteroatoms. The van der Waals surface area contributed by atoms with E-state index in [4.69, 9.17) is 32.7 Å². The molecular formula is C21H24Cl2O2. The van der Waals surface area contributed by atoms with Gasteiger partial charge < -0.3 is 9.47 Å². The van der Waals surface area contributed by atoms with Gasteiger partial charge in [0.25, 0.3) is 0 Å². The molecule has 0 saturated carbocycles. The summed E-state index contributed by atoms with van der Waals surface area (Å²) in [5.74, 6) is 0.658. The van der Waals surface area contributed by atoms with E-state index in [2.05, 4.69) is 37.3 Å². The average Bonchev–Trinajstić information content (AvgIpc) is 2.63. The summed E-state index contributed by atoms with van der Waals surface area (Å²) in [5.41, 5.74) is 4.95. The van der Waals surface area contributed by atoms with Gasteiger partial charge in [0.1, 0.15) is 0 Å². The molecular weight excluding hydrogens is 355 g/mol. The quantitative estimate of drug-likeness (QED) is 0.613. The van der Waals surface area contributed by atoms with Crippen LogP contribution in [0, 0.1) is 0 Å². The molecule has 0 saturated heterocycles. The molecule has 3 unspecified atom stereocenters. The SMILES string of the molecule is CC1Cc2ccccc2C(CCCl)O1.ClC1OCCc2ccccc21. The van der Waals surface area contributed by atoms with Crippen LogP contribution >= 0.6 is 23.2 Å². The molecule has 2 aliphatic rings. The van der Waals surface area contributed by atoms with Crippen LogP contribution in [0.5, 0.6) is 0 Å². The molecule has 0 aliphatic carbocycles. The molecule has 0 bridgehead atoms. The van der Waals surface area contributed by atoms with Crippen molar-refractivity contribution in [2.45, 2.75) is 44.0 Å². The maximum absolute atomic E-state index is 5.92. The summed E-state index contributed by atoms with van der Waals surface area (Å²) in [6.07, 6.45) is 3.43. The molecule has 0 N–H and O–H groups in total. The number of hydrogen-bond donors (Lipinski definition) is 0. The average molecular weight is 379 g/mol. The van der Waals surface area contributed by atoms with Crippen molar-refractivity contribution in [1.29, 1.82) is 0 Å². The molecule has 0 radical (unpaired) electrons. The largest absolute Gasteiger partial charge is 0.370 e. The number of hydrogen-bond acceptors (Lipinski definition) is 2. The lowest BCUT2D eigenvalue weighted by Crippen LogP contribution is -2.23. The molecule has 0 aromatic heterocycles. The molecule has 2 aromatic rings. The number of benzene rings is 2. The van der Waals surface area contributed by atoms with Gasteiger partial charge in [-0.25, -0.2) is 0 Å². The smallest absolute Gasteiger partial charge is 0.156 e. The van der Waals surface area contributed by atoms with E-state index in [1.807, 2.05) is 18.2 Å². The summed E-state index contributed by atoms with van der Waals surface area (Å²) in [5, 5.41) is 0.